The SMILES string of the molecule is CCN1Cc2cc3c(C(C)(O)C(F)(F)F)cn(C)c3cc2C1. The number of nitrogens with zero attached hydrogens (tertiary/aromatic N) is 2. The van der Waals surface area contributed by atoms with Crippen LogP contribution in [0, 0.1) is 0 Å². The number of fused-ring (bicyclic) bond motifs is 2. The molecule has 0 bridgehead atoms. The van der Waals surface area contributed by atoms with Crippen molar-refractivity contribution >= 4 is 10.9 Å². The van der Waals surface area contributed by atoms with Gasteiger partial charge < -0.3 is 9.67 Å². The van der Waals surface area contributed by atoms with Gasteiger partial charge in [0.2, 0.25) is 0 Å². The Hall–Kier alpha value is -1.53. The van der Waals surface area contributed by atoms with Crippen LogP contribution in [-0.2, 0) is 25.7 Å². The van der Waals surface area contributed by atoms with E-state index in [-0.39, 0.29) is 5.56 Å². The number of hydrogen-bond acceptors (Lipinski definition) is 2. The van der Waals surface area contributed by atoms with Gasteiger partial charge in [-0.05, 0) is 36.7 Å². The van der Waals surface area contributed by atoms with E-state index in [1.165, 1.54) is 6.20 Å². The number of aromatic nitrogens is 1. The Bertz CT molecular complexity index is 731. The molecule has 1 atom stereocenters. The maximum absolute atomic E-state index is 13.2. The Labute approximate surface area is 126 Å². The molecular formula is C16H19F3N2O. The van der Waals surface area contributed by atoms with Gasteiger partial charge in [0.05, 0.1) is 0 Å². The molecule has 2 aromatic rings. The first-order chi connectivity index (χ1) is 10.1. The van der Waals surface area contributed by atoms with Crippen LogP contribution in [0.25, 0.3) is 10.9 Å². The lowest BCUT2D eigenvalue weighted by Crippen LogP contribution is -2.39. The monoisotopic (exact) mass is 312 g/mol. The highest BCUT2D eigenvalue weighted by molar-refractivity contribution is 5.86. The van der Waals surface area contributed by atoms with E-state index in [0.29, 0.717) is 5.39 Å². The zero-order chi connectivity index (χ0) is 16.3. The summed E-state index contributed by atoms with van der Waals surface area (Å²) in [5, 5.41) is 10.5. The number of aliphatic hydroxyl groups is 1. The molecule has 0 saturated carbocycles. The van der Waals surface area contributed by atoms with Crippen LogP contribution in [-0.4, -0.2) is 27.3 Å². The van der Waals surface area contributed by atoms with E-state index in [1.54, 1.807) is 17.7 Å². The van der Waals surface area contributed by atoms with Crippen LogP contribution in [0.1, 0.15) is 30.5 Å². The van der Waals surface area contributed by atoms with Crippen LogP contribution in [0.2, 0.25) is 0 Å². The fourth-order valence-corrected chi connectivity index (χ4v) is 3.11. The van der Waals surface area contributed by atoms with Crippen LogP contribution in [0.4, 0.5) is 13.2 Å². The molecule has 1 unspecified atom stereocenters. The van der Waals surface area contributed by atoms with Crippen LogP contribution >= 0.6 is 0 Å². The molecular weight excluding hydrogens is 293 g/mol. The lowest BCUT2D eigenvalue weighted by Gasteiger charge is -2.26. The predicted octanol–water partition coefficient (Wildman–Crippen LogP) is 3.28. The van der Waals surface area contributed by atoms with Gasteiger partial charge in [0.25, 0.3) is 0 Å². The molecule has 1 aromatic carbocycles. The smallest absolute Gasteiger partial charge is 0.376 e. The van der Waals surface area contributed by atoms with Gasteiger partial charge in [0, 0.05) is 42.8 Å². The highest BCUT2D eigenvalue weighted by atomic mass is 19.4. The fraction of sp³-hybridized carbons (Fsp3) is 0.500. The second-order valence-corrected chi connectivity index (χ2v) is 6.16. The Morgan fingerprint density at radius 3 is 2.32 bits per heavy atom. The van der Waals surface area contributed by atoms with Crippen molar-refractivity contribution in [1.82, 2.24) is 9.47 Å². The molecule has 0 radical (unpaired) electrons. The molecule has 3 nitrogen and oxygen atoms in total. The summed E-state index contributed by atoms with van der Waals surface area (Å²) in [7, 11) is 1.71. The number of benzene rings is 1. The van der Waals surface area contributed by atoms with Crippen molar-refractivity contribution < 1.29 is 18.3 Å². The summed E-state index contributed by atoms with van der Waals surface area (Å²) in [4.78, 5) is 2.23. The molecule has 6 heteroatoms. The highest BCUT2D eigenvalue weighted by Crippen LogP contribution is 2.43. The van der Waals surface area contributed by atoms with E-state index in [0.717, 1.165) is 43.2 Å². The van der Waals surface area contributed by atoms with Crippen molar-refractivity contribution in [2.75, 3.05) is 6.54 Å². The van der Waals surface area contributed by atoms with E-state index >= 15 is 0 Å². The Morgan fingerprint density at radius 1 is 1.18 bits per heavy atom. The van der Waals surface area contributed by atoms with Crippen LogP contribution in [0.3, 0.4) is 0 Å². The van der Waals surface area contributed by atoms with Gasteiger partial charge in [-0.15, -0.1) is 0 Å². The third-order valence-corrected chi connectivity index (χ3v) is 4.62. The minimum atomic E-state index is -4.71. The standard InChI is InChI=1S/C16H19F3N2O/c1-4-21-7-10-5-12-13(15(2,22)16(17,18)19)9-20(3)14(12)6-11(10)8-21/h5-6,9,22H,4,7-8H2,1-3H3. The lowest BCUT2D eigenvalue weighted by molar-refractivity contribution is -0.258. The van der Waals surface area contributed by atoms with Crippen LogP contribution in [0.15, 0.2) is 18.3 Å². The first-order valence-electron chi connectivity index (χ1n) is 7.28. The van der Waals surface area contributed by atoms with Crippen molar-refractivity contribution in [2.45, 2.75) is 38.7 Å². The first-order valence-corrected chi connectivity index (χ1v) is 7.28. The summed E-state index contributed by atoms with van der Waals surface area (Å²) in [6.07, 6.45) is -3.33. The van der Waals surface area contributed by atoms with Gasteiger partial charge in [-0.2, -0.15) is 13.2 Å². The molecule has 0 amide bonds. The Kier molecular flexibility index (Phi) is 3.30. The summed E-state index contributed by atoms with van der Waals surface area (Å²) in [5.74, 6) is 0. The number of alkyl halides is 3. The molecule has 1 aliphatic heterocycles. The van der Waals surface area contributed by atoms with Crippen molar-refractivity contribution in [3.05, 3.63) is 35.0 Å². The second-order valence-electron chi connectivity index (χ2n) is 6.16. The number of hydrogen-bond donors (Lipinski definition) is 1. The van der Waals surface area contributed by atoms with Gasteiger partial charge in [0.15, 0.2) is 5.60 Å². The summed E-state index contributed by atoms with van der Waals surface area (Å²) in [5.41, 5.74) is -0.0379. The van der Waals surface area contributed by atoms with Gasteiger partial charge in [-0.3, -0.25) is 4.90 Å². The van der Waals surface area contributed by atoms with Gasteiger partial charge in [-0.1, -0.05) is 6.92 Å². The van der Waals surface area contributed by atoms with Crippen LogP contribution in [0.5, 0.6) is 0 Å². The topological polar surface area (TPSA) is 28.4 Å². The van der Waals surface area contributed by atoms with Gasteiger partial charge >= 0.3 is 6.18 Å². The van der Waals surface area contributed by atoms with Crippen molar-refractivity contribution in [1.29, 1.82) is 0 Å². The van der Waals surface area contributed by atoms with Crippen molar-refractivity contribution in [2.24, 2.45) is 7.05 Å². The number of rotatable bonds is 2. The summed E-state index contributed by atoms with van der Waals surface area (Å²) in [6, 6.07) is 3.74. The number of aryl methyl sites for hydroxylation is 1. The van der Waals surface area contributed by atoms with Gasteiger partial charge in [0.1, 0.15) is 0 Å². The normalized spacial score (nSPS) is 18.7. The van der Waals surface area contributed by atoms with Crippen molar-refractivity contribution in [3.8, 4) is 0 Å². The highest BCUT2D eigenvalue weighted by Gasteiger charge is 2.52. The molecule has 1 aliphatic rings. The Morgan fingerprint density at radius 2 is 1.77 bits per heavy atom. The van der Waals surface area contributed by atoms with Crippen LogP contribution < -0.4 is 0 Å². The van der Waals surface area contributed by atoms with E-state index < -0.39 is 11.8 Å². The predicted molar refractivity (Wildman–Crippen MR) is 78.3 cm³/mol. The molecule has 2 heterocycles. The Balaban J connectivity index is 2.19. The zero-order valence-electron chi connectivity index (χ0n) is 12.8. The largest absolute Gasteiger partial charge is 0.421 e. The average Bonchev–Trinajstić information content (AvgIpc) is 2.96. The molecule has 3 rings (SSSR count). The fourth-order valence-electron chi connectivity index (χ4n) is 3.11. The molecule has 22 heavy (non-hydrogen) atoms. The lowest BCUT2D eigenvalue weighted by atomic mass is 9.93. The second kappa shape index (κ2) is 4.73. The minimum absolute atomic E-state index is 0.0877. The summed E-state index contributed by atoms with van der Waals surface area (Å²) < 4.78 is 41.2. The van der Waals surface area contributed by atoms with E-state index in [9.17, 15) is 18.3 Å². The maximum atomic E-state index is 13.2. The molecule has 1 aromatic heterocycles. The third kappa shape index (κ3) is 2.13. The van der Waals surface area contributed by atoms with E-state index in [2.05, 4.69) is 11.8 Å². The van der Waals surface area contributed by atoms with E-state index in [4.69, 9.17) is 0 Å². The molecule has 1 N–H and O–H groups in total. The maximum Gasteiger partial charge on any atom is 0.421 e. The average molecular weight is 312 g/mol. The number of halogens is 3. The quantitative estimate of drug-likeness (QED) is 0.922. The third-order valence-electron chi connectivity index (χ3n) is 4.62. The molecule has 120 valence electrons. The summed E-state index contributed by atoms with van der Waals surface area (Å²) >= 11 is 0. The zero-order valence-corrected chi connectivity index (χ0v) is 12.8. The van der Waals surface area contributed by atoms with Crippen molar-refractivity contribution in [3.63, 3.8) is 0 Å². The molecule has 0 saturated heterocycles. The molecule has 0 fully saturated rings. The first kappa shape index (κ1) is 15.4. The molecule has 0 spiro atoms. The van der Waals surface area contributed by atoms with E-state index in [1.807, 2.05) is 6.07 Å². The van der Waals surface area contributed by atoms with Gasteiger partial charge in [-0.25, -0.2) is 0 Å². The summed E-state index contributed by atoms with van der Waals surface area (Å²) in [6.45, 7) is 5.33. The molecule has 0 aliphatic carbocycles. The minimum Gasteiger partial charge on any atom is -0.376 e.